The summed E-state index contributed by atoms with van der Waals surface area (Å²) in [4.78, 5) is 0. The minimum Gasteiger partial charge on any atom is -0.231 e. The Morgan fingerprint density at radius 3 is 2.18 bits per heavy atom. The van der Waals surface area contributed by atoms with E-state index in [1.165, 1.54) is 0 Å². The Bertz CT molecular complexity index is 282. The van der Waals surface area contributed by atoms with Gasteiger partial charge in [-0.2, -0.15) is 0 Å². The maximum Gasteiger partial charge on any atom is 0.146 e. The fraction of sp³-hybridized carbons (Fsp3) is 0.250. The topological polar surface area (TPSA) is 34.1 Å². The molecule has 0 amide bonds. The fourth-order valence-corrected chi connectivity index (χ4v) is 1.27. The summed E-state index contributed by atoms with van der Waals surface area (Å²) in [6.45, 7) is 1.68. The smallest absolute Gasteiger partial charge is 0.146 e. The van der Waals surface area contributed by atoms with Gasteiger partial charge < -0.3 is 0 Å². The van der Waals surface area contributed by atoms with Crippen LogP contribution >= 0.6 is 0 Å². The third-order valence-corrected chi connectivity index (χ3v) is 2.53. The van der Waals surface area contributed by atoms with Crippen LogP contribution in [-0.4, -0.2) is 8.42 Å². The lowest BCUT2D eigenvalue weighted by atomic mass is 10.2. The van der Waals surface area contributed by atoms with Crippen LogP contribution < -0.4 is 0 Å². The molecule has 0 saturated heterocycles. The van der Waals surface area contributed by atoms with Gasteiger partial charge in [-0.3, -0.25) is 0 Å². The van der Waals surface area contributed by atoms with Gasteiger partial charge in [0, 0.05) is 0 Å². The molecule has 1 aromatic rings. The summed E-state index contributed by atoms with van der Waals surface area (Å²) < 4.78 is 21.1. The molecule has 0 unspecified atom stereocenters. The number of hydrogen-bond acceptors (Lipinski definition) is 2. The molecule has 0 heterocycles. The van der Waals surface area contributed by atoms with Crippen LogP contribution in [0.1, 0.15) is 17.7 Å². The van der Waals surface area contributed by atoms with E-state index in [1.807, 2.05) is 30.3 Å². The molecule has 0 aromatic heterocycles. The molecule has 1 aromatic carbocycles. The van der Waals surface area contributed by atoms with Gasteiger partial charge in [0.05, 0.1) is 5.25 Å². The first-order valence-corrected chi connectivity index (χ1v) is 4.65. The summed E-state index contributed by atoms with van der Waals surface area (Å²) in [7, 11) is -2.34. The van der Waals surface area contributed by atoms with Gasteiger partial charge in [-0.25, -0.2) is 8.42 Å². The highest BCUT2D eigenvalue weighted by Crippen LogP contribution is 2.13. The second-order valence-corrected chi connectivity index (χ2v) is 3.72. The van der Waals surface area contributed by atoms with Crippen LogP contribution in [0.3, 0.4) is 0 Å². The van der Waals surface area contributed by atoms with Crippen molar-refractivity contribution in [3.63, 3.8) is 0 Å². The van der Waals surface area contributed by atoms with E-state index in [1.54, 1.807) is 6.92 Å². The van der Waals surface area contributed by atoms with Crippen LogP contribution in [0.25, 0.3) is 0 Å². The third-order valence-electron chi connectivity index (χ3n) is 1.60. The number of rotatable bonds is 2. The minimum atomic E-state index is -2.34. The van der Waals surface area contributed by atoms with E-state index in [-0.39, 0.29) is 5.25 Å². The average molecular weight is 170 g/mol. The van der Waals surface area contributed by atoms with Crippen molar-refractivity contribution < 1.29 is 8.42 Å². The van der Waals surface area contributed by atoms with Crippen molar-refractivity contribution in [3.05, 3.63) is 35.9 Å². The predicted molar refractivity (Wildman–Crippen MR) is 45.2 cm³/mol. The predicted octanol–water partition coefficient (Wildman–Crippen LogP) is 1.36. The molecule has 0 bridgehead atoms. The minimum absolute atomic E-state index is 0.369. The molecule has 2 nitrogen and oxygen atoms in total. The molecule has 0 fully saturated rings. The molecule has 0 N–H and O–H groups in total. The van der Waals surface area contributed by atoms with Crippen molar-refractivity contribution in [1.29, 1.82) is 0 Å². The van der Waals surface area contributed by atoms with Crippen LogP contribution in [-0.2, 0) is 10.7 Å². The lowest BCUT2D eigenvalue weighted by Gasteiger charge is -2.01. The fourth-order valence-electron chi connectivity index (χ4n) is 0.853. The first-order chi connectivity index (χ1) is 5.22. The SMILES string of the molecule is C[C@H](c1ccccc1)[SH](=O)=O. The van der Waals surface area contributed by atoms with Gasteiger partial charge in [-0.1, -0.05) is 30.3 Å². The Labute approximate surface area is 67.8 Å². The van der Waals surface area contributed by atoms with E-state index in [0.717, 1.165) is 5.56 Å². The largest absolute Gasteiger partial charge is 0.231 e. The summed E-state index contributed by atoms with van der Waals surface area (Å²) in [5, 5.41) is -0.369. The molecule has 0 radical (unpaired) electrons. The lowest BCUT2D eigenvalue weighted by molar-refractivity contribution is 0.606. The average Bonchev–Trinajstić information content (AvgIpc) is 2.05. The van der Waals surface area contributed by atoms with Crippen molar-refractivity contribution in [2.45, 2.75) is 12.2 Å². The maximum absolute atomic E-state index is 10.5. The van der Waals surface area contributed by atoms with Crippen LogP contribution in [0, 0.1) is 0 Å². The molecule has 1 atom stereocenters. The normalized spacial score (nSPS) is 13.3. The molecule has 0 aliphatic heterocycles. The van der Waals surface area contributed by atoms with Crippen molar-refractivity contribution in [2.24, 2.45) is 0 Å². The molecule has 60 valence electrons. The third kappa shape index (κ3) is 2.05. The maximum atomic E-state index is 10.5. The highest BCUT2D eigenvalue weighted by Gasteiger charge is 2.05. The molecule has 11 heavy (non-hydrogen) atoms. The zero-order chi connectivity index (χ0) is 8.27. The second kappa shape index (κ2) is 3.53. The van der Waals surface area contributed by atoms with Crippen LogP contribution in [0.15, 0.2) is 30.3 Å². The van der Waals surface area contributed by atoms with Gasteiger partial charge >= 0.3 is 0 Å². The summed E-state index contributed by atoms with van der Waals surface area (Å²) in [6.07, 6.45) is 0. The van der Waals surface area contributed by atoms with Crippen molar-refractivity contribution >= 4 is 10.7 Å². The van der Waals surface area contributed by atoms with Crippen molar-refractivity contribution in [1.82, 2.24) is 0 Å². The Morgan fingerprint density at radius 1 is 1.18 bits per heavy atom. The Kier molecular flexibility index (Phi) is 2.65. The van der Waals surface area contributed by atoms with E-state index >= 15 is 0 Å². The summed E-state index contributed by atoms with van der Waals surface area (Å²) in [6, 6.07) is 9.18. The summed E-state index contributed by atoms with van der Waals surface area (Å²) in [5.41, 5.74) is 0.851. The highest BCUT2D eigenvalue weighted by molar-refractivity contribution is 7.72. The Balaban J connectivity index is 2.94. The zero-order valence-corrected chi connectivity index (χ0v) is 7.12. The molecule has 0 aliphatic carbocycles. The van der Waals surface area contributed by atoms with Crippen LogP contribution in [0.2, 0.25) is 0 Å². The van der Waals surface area contributed by atoms with Gasteiger partial charge in [-0.05, 0) is 12.5 Å². The quantitative estimate of drug-likeness (QED) is 0.680. The van der Waals surface area contributed by atoms with Gasteiger partial charge in [0.15, 0.2) is 0 Å². The number of hydrogen-bond donors (Lipinski definition) is 1. The van der Waals surface area contributed by atoms with Gasteiger partial charge in [0.2, 0.25) is 0 Å². The van der Waals surface area contributed by atoms with E-state index in [0.29, 0.717) is 0 Å². The van der Waals surface area contributed by atoms with Crippen LogP contribution in [0.5, 0.6) is 0 Å². The Hall–Kier alpha value is -0.830. The van der Waals surface area contributed by atoms with Gasteiger partial charge in [-0.15, -0.1) is 0 Å². The monoisotopic (exact) mass is 170 g/mol. The van der Waals surface area contributed by atoms with Crippen LogP contribution in [0.4, 0.5) is 0 Å². The van der Waals surface area contributed by atoms with Crippen molar-refractivity contribution in [3.8, 4) is 0 Å². The molecule has 0 aliphatic rings. The number of thiol groups is 1. The first kappa shape index (κ1) is 8.27. The highest BCUT2D eigenvalue weighted by atomic mass is 32.2. The molecule has 0 saturated carbocycles. The molecule has 0 spiro atoms. The van der Waals surface area contributed by atoms with E-state index in [2.05, 4.69) is 0 Å². The van der Waals surface area contributed by atoms with Crippen molar-refractivity contribution in [2.75, 3.05) is 0 Å². The summed E-state index contributed by atoms with van der Waals surface area (Å²) >= 11 is 0. The standard InChI is InChI=1S/C8H10O2S/c1-7(11(9)10)8-5-3-2-4-6-8/h2-7,11H,1H3/t7-/m1/s1. The number of benzene rings is 1. The van der Waals surface area contributed by atoms with E-state index in [4.69, 9.17) is 0 Å². The molecule has 1 rings (SSSR count). The Morgan fingerprint density at radius 2 is 1.73 bits per heavy atom. The summed E-state index contributed by atoms with van der Waals surface area (Å²) in [5.74, 6) is 0. The first-order valence-electron chi connectivity index (χ1n) is 3.40. The zero-order valence-electron chi connectivity index (χ0n) is 6.23. The molecule has 3 heteroatoms. The molecular weight excluding hydrogens is 160 g/mol. The van der Waals surface area contributed by atoms with Gasteiger partial charge in [0.25, 0.3) is 0 Å². The van der Waals surface area contributed by atoms with E-state index < -0.39 is 10.7 Å². The van der Waals surface area contributed by atoms with Gasteiger partial charge in [0.1, 0.15) is 10.7 Å². The molecular formula is C8H10O2S. The van der Waals surface area contributed by atoms with E-state index in [9.17, 15) is 8.42 Å². The lowest BCUT2D eigenvalue weighted by Crippen LogP contribution is -1.93. The second-order valence-electron chi connectivity index (χ2n) is 2.37.